The quantitative estimate of drug-likeness (QED) is 0.354. The molecule has 0 atom stereocenters. The van der Waals surface area contributed by atoms with E-state index in [2.05, 4.69) is 4.98 Å². The molecule has 0 unspecified atom stereocenters. The minimum absolute atomic E-state index is 0.0696. The number of halogens is 4. The topological polar surface area (TPSA) is 117 Å². The summed E-state index contributed by atoms with van der Waals surface area (Å²) in [5.41, 5.74) is 0.690. The Balaban J connectivity index is 2.11. The molecule has 3 N–H and O–H groups in total. The summed E-state index contributed by atoms with van der Waals surface area (Å²) in [4.78, 5) is 40.8. The summed E-state index contributed by atoms with van der Waals surface area (Å²) in [7, 11) is 1.31. The van der Waals surface area contributed by atoms with Gasteiger partial charge in [-0.2, -0.15) is 13.2 Å². The summed E-state index contributed by atoms with van der Waals surface area (Å²) >= 11 is 5.49. The highest BCUT2D eigenvalue weighted by Crippen LogP contribution is 2.41. The zero-order chi connectivity index (χ0) is 25.4. The molecular weight excluding hydrogens is 480 g/mol. The second kappa shape index (κ2) is 8.97. The second-order valence-corrected chi connectivity index (χ2v) is 8.04. The van der Waals surface area contributed by atoms with Crippen molar-refractivity contribution in [2.75, 3.05) is 16.8 Å². The maximum atomic E-state index is 14.0. The van der Waals surface area contributed by atoms with Gasteiger partial charge in [-0.3, -0.25) is 4.79 Å². The van der Waals surface area contributed by atoms with Gasteiger partial charge in [-0.1, -0.05) is 0 Å². The predicted octanol–water partition coefficient (Wildman–Crippen LogP) is 3.39. The Morgan fingerprint density at radius 1 is 1.24 bits per heavy atom. The van der Waals surface area contributed by atoms with Crippen LogP contribution in [-0.4, -0.2) is 46.0 Å². The molecule has 1 amide bonds. The van der Waals surface area contributed by atoms with E-state index in [0.717, 1.165) is 23.2 Å². The minimum Gasteiger partial charge on any atom is -0.478 e. The van der Waals surface area contributed by atoms with Crippen LogP contribution in [0.15, 0.2) is 30.5 Å². The number of thiocarbonyl (C=S) groups is 1. The molecule has 1 saturated carbocycles. The SMILES string of the molecule is CN(C(=S)N(c1ccc(F)c(C(=O)O)c1)C1(C=O)CCC1)c1cnc(C(N)=O)c(C(F)(F)F)c1. The van der Waals surface area contributed by atoms with Crippen LogP contribution in [0.25, 0.3) is 0 Å². The molecule has 34 heavy (non-hydrogen) atoms. The fraction of sp³-hybridized carbons (Fsp3) is 0.286. The average molecular weight is 498 g/mol. The first-order chi connectivity index (χ1) is 15.8. The fourth-order valence-electron chi connectivity index (χ4n) is 3.62. The number of nitrogens with zero attached hydrogens (tertiary/aromatic N) is 3. The first-order valence-corrected chi connectivity index (χ1v) is 10.2. The van der Waals surface area contributed by atoms with Gasteiger partial charge in [0.1, 0.15) is 23.3 Å². The molecule has 1 aliphatic carbocycles. The van der Waals surface area contributed by atoms with Crippen LogP contribution in [0.2, 0.25) is 0 Å². The van der Waals surface area contributed by atoms with E-state index in [1.165, 1.54) is 18.0 Å². The molecule has 0 aliphatic heterocycles. The molecule has 1 aliphatic rings. The highest BCUT2D eigenvalue weighted by atomic mass is 32.1. The molecule has 1 heterocycles. The number of benzene rings is 1. The number of amides is 1. The maximum absolute atomic E-state index is 14.0. The standard InChI is InChI=1S/C21H18F4N4O4S/c1-28(12-8-14(21(23,24)25)16(17(26)31)27-9-12)19(34)29(20(10-30)5-2-6-20)11-3-4-15(22)13(7-11)18(32)33/h3-4,7-10H,2,5-6H2,1H3,(H2,26,31)(H,32,33). The summed E-state index contributed by atoms with van der Waals surface area (Å²) in [6.45, 7) is 0. The zero-order valence-electron chi connectivity index (χ0n) is 17.6. The van der Waals surface area contributed by atoms with Crippen molar-refractivity contribution in [3.63, 3.8) is 0 Å². The van der Waals surface area contributed by atoms with Crippen molar-refractivity contribution in [3.05, 3.63) is 53.1 Å². The number of nitrogens with two attached hydrogens (primary N) is 1. The number of hydrogen-bond donors (Lipinski definition) is 2. The molecule has 1 aromatic heterocycles. The smallest absolute Gasteiger partial charge is 0.418 e. The Hall–Kier alpha value is -3.61. The molecule has 0 spiro atoms. The molecule has 1 aromatic carbocycles. The number of carbonyl (C=O) groups is 3. The lowest BCUT2D eigenvalue weighted by atomic mass is 9.76. The molecule has 2 aromatic rings. The minimum atomic E-state index is -4.94. The summed E-state index contributed by atoms with van der Waals surface area (Å²) in [6, 6.07) is 3.76. The summed E-state index contributed by atoms with van der Waals surface area (Å²) < 4.78 is 54.5. The number of aldehydes is 1. The van der Waals surface area contributed by atoms with E-state index in [1.54, 1.807) is 0 Å². The van der Waals surface area contributed by atoms with Gasteiger partial charge < -0.3 is 25.4 Å². The van der Waals surface area contributed by atoms with Crippen molar-refractivity contribution in [1.29, 1.82) is 0 Å². The van der Waals surface area contributed by atoms with Crippen LogP contribution in [0.4, 0.5) is 28.9 Å². The van der Waals surface area contributed by atoms with E-state index in [1.807, 2.05) is 0 Å². The molecule has 13 heteroatoms. The van der Waals surface area contributed by atoms with Crippen LogP contribution >= 0.6 is 12.2 Å². The van der Waals surface area contributed by atoms with Gasteiger partial charge in [-0.05, 0) is 55.7 Å². The molecule has 0 saturated heterocycles. The second-order valence-electron chi connectivity index (χ2n) is 7.67. The van der Waals surface area contributed by atoms with E-state index in [4.69, 9.17) is 18.0 Å². The largest absolute Gasteiger partial charge is 0.478 e. The number of carbonyl (C=O) groups excluding carboxylic acids is 2. The molecule has 180 valence electrons. The molecule has 0 radical (unpaired) electrons. The summed E-state index contributed by atoms with van der Waals surface area (Å²) in [5.74, 6) is -3.92. The van der Waals surface area contributed by atoms with E-state index >= 15 is 0 Å². The number of carboxylic acid groups (broad SMARTS) is 1. The number of aromatic carboxylic acids is 1. The van der Waals surface area contributed by atoms with E-state index in [-0.39, 0.29) is 16.5 Å². The van der Waals surface area contributed by atoms with Crippen LogP contribution in [-0.2, 0) is 11.0 Å². The normalized spacial score (nSPS) is 14.6. The van der Waals surface area contributed by atoms with Crippen molar-refractivity contribution in [2.24, 2.45) is 5.73 Å². The van der Waals surface area contributed by atoms with Crippen molar-refractivity contribution in [3.8, 4) is 0 Å². The van der Waals surface area contributed by atoms with Gasteiger partial charge in [-0.25, -0.2) is 14.2 Å². The first-order valence-electron chi connectivity index (χ1n) is 9.76. The van der Waals surface area contributed by atoms with Gasteiger partial charge in [0.2, 0.25) is 0 Å². The van der Waals surface area contributed by atoms with Gasteiger partial charge in [0.15, 0.2) is 5.11 Å². The number of primary amides is 1. The lowest BCUT2D eigenvalue weighted by Crippen LogP contribution is -2.60. The molecule has 3 rings (SSSR count). The van der Waals surface area contributed by atoms with Gasteiger partial charge in [0.25, 0.3) is 5.91 Å². The third kappa shape index (κ3) is 4.42. The monoisotopic (exact) mass is 498 g/mol. The predicted molar refractivity (Wildman–Crippen MR) is 117 cm³/mol. The molecule has 0 bridgehead atoms. The zero-order valence-corrected chi connectivity index (χ0v) is 18.4. The summed E-state index contributed by atoms with van der Waals surface area (Å²) in [5, 5.41) is 9.11. The van der Waals surface area contributed by atoms with Crippen LogP contribution in [0.3, 0.4) is 0 Å². The van der Waals surface area contributed by atoms with Gasteiger partial charge in [-0.15, -0.1) is 0 Å². The number of carboxylic acids is 1. The van der Waals surface area contributed by atoms with Gasteiger partial charge >= 0.3 is 12.1 Å². The Bertz CT molecular complexity index is 1180. The highest BCUT2D eigenvalue weighted by molar-refractivity contribution is 7.80. The number of pyridine rings is 1. The van der Waals surface area contributed by atoms with Crippen LogP contribution in [0.5, 0.6) is 0 Å². The van der Waals surface area contributed by atoms with Gasteiger partial charge in [0.05, 0.1) is 23.0 Å². The highest BCUT2D eigenvalue weighted by Gasteiger charge is 2.46. The molecule has 1 fully saturated rings. The van der Waals surface area contributed by atoms with Crippen LogP contribution < -0.4 is 15.5 Å². The number of alkyl halides is 3. The number of rotatable bonds is 6. The average Bonchev–Trinajstić information content (AvgIpc) is 2.74. The lowest BCUT2D eigenvalue weighted by Gasteiger charge is -2.48. The van der Waals surface area contributed by atoms with E-state index in [0.29, 0.717) is 31.6 Å². The number of aromatic nitrogens is 1. The lowest BCUT2D eigenvalue weighted by molar-refractivity contribution is -0.138. The third-order valence-electron chi connectivity index (χ3n) is 5.60. The Morgan fingerprint density at radius 3 is 2.35 bits per heavy atom. The number of anilines is 2. The molecule has 8 nitrogen and oxygen atoms in total. The van der Waals surface area contributed by atoms with Gasteiger partial charge in [0, 0.05) is 12.7 Å². The van der Waals surface area contributed by atoms with Crippen molar-refractivity contribution >= 4 is 46.9 Å². The fourth-order valence-corrected chi connectivity index (χ4v) is 4.01. The van der Waals surface area contributed by atoms with Crippen molar-refractivity contribution < 1.29 is 37.1 Å². The Kier molecular flexibility index (Phi) is 6.60. The number of hydrogen-bond acceptors (Lipinski definition) is 5. The Labute approximate surface area is 196 Å². The summed E-state index contributed by atoms with van der Waals surface area (Å²) in [6.07, 6.45) is -2.06. The van der Waals surface area contributed by atoms with E-state index < -0.39 is 46.2 Å². The molecular formula is C21H18F4N4O4S. The van der Waals surface area contributed by atoms with Crippen LogP contribution in [0, 0.1) is 5.82 Å². The first kappa shape index (κ1) is 25.0. The Morgan fingerprint density at radius 2 is 1.88 bits per heavy atom. The van der Waals surface area contributed by atoms with Crippen LogP contribution in [0.1, 0.15) is 45.7 Å². The maximum Gasteiger partial charge on any atom is 0.418 e. The van der Waals surface area contributed by atoms with E-state index in [9.17, 15) is 37.1 Å². The van der Waals surface area contributed by atoms with Crippen molar-refractivity contribution in [2.45, 2.75) is 31.0 Å². The third-order valence-corrected chi connectivity index (χ3v) is 6.06. The van der Waals surface area contributed by atoms with Crippen molar-refractivity contribution in [1.82, 2.24) is 4.98 Å².